The van der Waals surface area contributed by atoms with E-state index in [4.69, 9.17) is 0 Å². The number of hydrogen-bond donors (Lipinski definition) is 1. The van der Waals surface area contributed by atoms with E-state index in [-0.39, 0.29) is 0 Å². The Morgan fingerprint density at radius 2 is 2.15 bits per heavy atom. The maximum absolute atomic E-state index is 4.40. The molecule has 3 rings (SSSR count). The van der Waals surface area contributed by atoms with E-state index in [1.807, 2.05) is 11.8 Å². The van der Waals surface area contributed by atoms with Gasteiger partial charge in [0.2, 0.25) is 0 Å². The Morgan fingerprint density at radius 3 is 2.95 bits per heavy atom. The third kappa shape index (κ3) is 3.22. The number of fused-ring (bicyclic) bond motifs is 1. The van der Waals surface area contributed by atoms with E-state index in [2.05, 4.69) is 53.6 Å². The summed E-state index contributed by atoms with van der Waals surface area (Å²) in [5.41, 5.74) is 1.45. The molecule has 1 aliphatic rings. The Morgan fingerprint density at radius 1 is 1.30 bits per heavy atom. The molecule has 106 valence electrons. The number of hydrogen-bond acceptors (Lipinski definition) is 5. The van der Waals surface area contributed by atoms with Crippen molar-refractivity contribution in [2.75, 3.05) is 6.54 Å². The van der Waals surface area contributed by atoms with Gasteiger partial charge in [0.25, 0.3) is 0 Å². The van der Waals surface area contributed by atoms with Gasteiger partial charge in [-0.3, -0.25) is 0 Å². The van der Waals surface area contributed by atoms with Crippen LogP contribution in [0.25, 0.3) is 0 Å². The average Bonchev–Trinajstić information content (AvgIpc) is 3.03. The molecule has 0 radical (unpaired) electrons. The monoisotopic (exact) mass is 305 g/mol. The Bertz CT molecular complexity index is 555. The molecule has 0 saturated carbocycles. The first-order valence-corrected chi connectivity index (χ1v) is 8.72. The summed E-state index contributed by atoms with van der Waals surface area (Å²) in [6.45, 7) is 5.31. The number of nitrogens with one attached hydrogen (secondary N) is 1. The minimum atomic E-state index is 0.455. The standard InChI is InChI=1S/C15H19N3S2/c1-10(2)16-8-7-14-17-18-15(20-14)13-9-11-5-3-4-6-12(11)19-13/h3-6,10,13,16H,7-9H2,1-2H3. The third-order valence-electron chi connectivity index (χ3n) is 3.30. The largest absolute Gasteiger partial charge is 0.314 e. The average molecular weight is 305 g/mol. The molecule has 2 heterocycles. The van der Waals surface area contributed by atoms with E-state index in [0.717, 1.165) is 24.4 Å². The molecule has 5 heteroatoms. The number of thioether (sulfide) groups is 1. The minimum absolute atomic E-state index is 0.455. The summed E-state index contributed by atoms with van der Waals surface area (Å²) in [5, 5.41) is 14.9. The number of benzene rings is 1. The summed E-state index contributed by atoms with van der Waals surface area (Å²) in [5.74, 6) is 0. The molecule has 0 fully saturated rings. The van der Waals surface area contributed by atoms with E-state index in [1.165, 1.54) is 15.5 Å². The summed E-state index contributed by atoms with van der Waals surface area (Å²) >= 11 is 3.69. The highest BCUT2D eigenvalue weighted by Gasteiger charge is 2.26. The van der Waals surface area contributed by atoms with Gasteiger partial charge in [0.15, 0.2) is 0 Å². The molecular weight excluding hydrogens is 286 g/mol. The summed E-state index contributed by atoms with van der Waals surface area (Å²) in [7, 11) is 0. The van der Waals surface area contributed by atoms with Gasteiger partial charge in [-0.15, -0.1) is 33.3 Å². The smallest absolute Gasteiger partial charge is 0.131 e. The van der Waals surface area contributed by atoms with E-state index in [1.54, 1.807) is 11.3 Å². The molecule has 0 amide bonds. The van der Waals surface area contributed by atoms with Crippen LogP contribution in [0, 0.1) is 0 Å². The van der Waals surface area contributed by atoms with Crippen molar-refractivity contribution < 1.29 is 0 Å². The molecule has 3 nitrogen and oxygen atoms in total. The van der Waals surface area contributed by atoms with E-state index in [0.29, 0.717) is 11.3 Å². The Balaban J connectivity index is 1.61. The second-order valence-corrected chi connectivity index (χ2v) is 7.65. The normalized spacial score (nSPS) is 17.6. The van der Waals surface area contributed by atoms with E-state index in [9.17, 15) is 0 Å². The van der Waals surface area contributed by atoms with Gasteiger partial charge in [-0.05, 0) is 18.1 Å². The van der Waals surface area contributed by atoms with Crippen LogP contribution in [0.4, 0.5) is 0 Å². The van der Waals surface area contributed by atoms with Crippen molar-refractivity contribution >= 4 is 23.1 Å². The lowest BCUT2D eigenvalue weighted by molar-refractivity contribution is 0.588. The van der Waals surface area contributed by atoms with E-state index < -0.39 is 0 Å². The summed E-state index contributed by atoms with van der Waals surface area (Å²) < 4.78 is 0. The van der Waals surface area contributed by atoms with Gasteiger partial charge >= 0.3 is 0 Å². The maximum Gasteiger partial charge on any atom is 0.131 e. The first-order valence-electron chi connectivity index (χ1n) is 7.02. The SMILES string of the molecule is CC(C)NCCc1nnc(C2Cc3ccccc3S2)s1. The van der Waals surface area contributed by atoms with Gasteiger partial charge in [-0.25, -0.2) is 0 Å². The van der Waals surface area contributed by atoms with Crippen LogP contribution in [-0.4, -0.2) is 22.8 Å². The highest BCUT2D eigenvalue weighted by Crippen LogP contribution is 2.46. The van der Waals surface area contributed by atoms with Crippen molar-refractivity contribution in [2.24, 2.45) is 0 Å². The van der Waals surface area contributed by atoms with Gasteiger partial charge in [-0.2, -0.15) is 0 Å². The summed E-state index contributed by atoms with van der Waals surface area (Å²) in [6.07, 6.45) is 2.06. The molecule has 20 heavy (non-hydrogen) atoms. The second kappa shape index (κ2) is 6.24. The Kier molecular flexibility index (Phi) is 4.38. The number of aromatic nitrogens is 2. The fourth-order valence-electron chi connectivity index (χ4n) is 2.29. The third-order valence-corrected chi connectivity index (χ3v) is 5.87. The topological polar surface area (TPSA) is 37.8 Å². The molecule has 1 N–H and O–H groups in total. The van der Waals surface area contributed by atoms with Gasteiger partial charge < -0.3 is 5.32 Å². The van der Waals surface area contributed by atoms with Gasteiger partial charge in [-0.1, -0.05) is 32.0 Å². The highest BCUT2D eigenvalue weighted by molar-refractivity contribution is 8.00. The van der Waals surface area contributed by atoms with Crippen molar-refractivity contribution in [3.63, 3.8) is 0 Å². The minimum Gasteiger partial charge on any atom is -0.314 e. The Hall–Kier alpha value is -0.910. The van der Waals surface area contributed by atoms with Crippen LogP contribution < -0.4 is 5.32 Å². The quantitative estimate of drug-likeness (QED) is 0.918. The molecule has 1 aliphatic heterocycles. The van der Waals surface area contributed by atoms with Crippen molar-refractivity contribution in [1.29, 1.82) is 0 Å². The molecule has 1 aromatic heterocycles. The molecule has 1 aromatic carbocycles. The fraction of sp³-hybridized carbons (Fsp3) is 0.467. The fourth-order valence-corrected chi connectivity index (χ4v) is 4.57. The first kappa shape index (κ1) is 14.0. The predicted molar refractivity (Wildman–Crippen MR) is 85.5 cm³/mol. The summed E-state index contributed by atoms with van der Waals surface area (Å²) in [4.78, 5) is 1.40. The Labute approximate surface area is 128 Å². The van der Waals surface area contributed by atoms with Crippen LogP contribution in [0.2, 0.25) is 0 Å². The zero-order valence-corrected chi connectivity index (χ0v) is 13.4. The number of rotatable bonds is 5. The first-order chi connectivity index (χ1) is 9.72. The lowest BCUT2D eigenvalue weighted by atomic mass is 10.1. The molecule has 0 saturated heterocycles. The molecule has 0 aliphatic carbocycles. The van der Waals surface area contributed by atoms with Crippen LogP contribution in [0.5, 0.6) is 0 Å². The van der Waals surface area contributed by atoms with Gasteiger partial charge in [0.1, 0.15) is 10.0 Å². The number of nitrogens with zero attached hydrogens (tertiary/aromatic N) is 2. The van der Waals surface area contributed by atoms with Gasteiger partial charge in [0.05, 0.1) is 5.25 Å². The summed E-state index contributed by atoms with van der Waals surface area (Å²) in [6, 6.07) is 9.18. The van der Waals surface area contributed by atoms with Gasteiger partial charge in [0, 0.05) is 23.9 Å². The molecule has 1 atom stereocenters. The predicted octanol–water partition coefficient (Wildman–Crippen LogP) is 3.47. The van der Waals surface area contributed by atoms with Crippen molar-refractivity contribution in [1.82, 2.24) is 15.5 Å². The molecular formula is C15H19N3S2. The van der Waals surface area contributed by atoms with Crippen LogP contribution in [0.3, 0.4) is 0 Å². The molecule has 2 aromatic rings. The van der Waals surface area contributed by atoms with Crippen LogP contribution in [-0.2, 0) is 12.8 Å². The molecule has 1 unspecified atom stereocenters. The van der Waals surface area contributed by atoms with Crippen LogP contribution >= 0.6 is 23.1 Å². The maximum atomic E-state index is 4.40. The van der Waals surface area contributed by atoms with Crippen LogP contribution in [0.15, 0.2) is 29.2 Å². The zero-order valence-electron chi connectivity index (χ0n) is 11.8. The van der Waals surface area contributed by atoms with Crippen molar-refractivity contribution in [3.05, 3.63) is 39.8 Å². The molecule has 0 bridgehead atoms. The lowest BCUT2D eigenvalue weighted by Crippen LogP contribution is -2.24. The zero-order chi connectivity index (χ0) is 13.9. The second-order valence-electron chi connectivity index (χ2n) is 5.31. The van der Waals surface area contributed by atoms with Crippen molar-refractivity contribution in [2.45, 2.75) is 42.9 Å². The van der Waals surface area contributed by atoms with Crippen LogP contribution in [0.1, 0.15) is 34.7 Å². The highest BCUT2D eigenvalue weighted by atomic mass is 32.2. The lowest BCUT2D eigenvalue weighted by Gasteiger charge is -2.05. The van der Waals surface area contributed by atoms with Crippen molar-refractivity contribution in [3.8, 4) is 0 Å². The van der Waals surface area contributed by atoms with E-state index >= 15 is 0 Å². The molecule has 0 spiro atoms.